The number of carbonyl (C=O) groups is 2. The molecule has 0 bridgehead atoms. The van der Waals surface area contributed by atoms with Gasteiger partial charge in [-0.1, -0.05) is 17.7 Å². The molecule has 1 aromatic carbocycles. The van der Waals surface area contributed by atoms with Gasteiger partial charge in [0.2, 0.25) is 10.0 Å². The quantitative estimate of drug-likeness (QED) is 0.708. The Labute approximate surface area is 148 Å². The normalized spacial score (nSPS) is 21.1. The van der Waals surface area contributed by atoms with Crippen LogP contribution in [0, 0.1) is 6.92 Å². The maximum absolute atomic E-state index is 13.1. The van der Waals surface area contributed by atoms with Crippen LogP contribution < -0.4 is 0 Å². The van der Waals surface area contributed by atoms with E-state index in [2.05, 4.69) is 0 Å². The van der Waals surface area contributed by atoms with Crippen molar-refractivity contribution in [1.29, 1.82) is 0 Å². The number of nitrogens with zero attached hydrogens (tertiary/aromatic N) is 1. The van der Waals surface area contributed by atoms with E-state index in [-0.39, 0.29) is 31.0 Å². The number of esters is 2. The fourth-order valence-electron chi connectivity index (χ4n) is 2.87. The van der Waals surface area contributed by atoms with Gasteiger partial charge in [0.1, 0.15) is 12.1 Å². The average Bonchev–Trinajstić information content (AvgIpc) is 3.02. The van der Waals surface area contributed by atoms with Gasteiger partial charge in [-0.25, -0.2) is 8.42 Å². The lowest BCUT2D eigenvalue weighted by Gasteiger charge is -2.27. The largest absolute Gasteiger partial charge is 0.465 e. The van der Waals surface area contributed by atoms with E-state index in [0.29, 0.717) is 0 Å². The van der Waals surface area contributed by atoms with Gasteiger partial charge >= 0.3 is 11.9 Å². The Hall–Kier alpha value is -1.93. The molecule has 1 saturated heterocycles. The van der Waals surface area contributed by atoms with E-state index >= 15 is 0 Å². The maximum Gasteiger partial charge on any atom is 0.324 e. The predicted molar refractivity (Wildman–Crippen MR) is 90.3 cm³/mol. The highest BCUT2D eigenvalue weighted by molar-refractivity contribution is 7.89. The molecule has 1 heterocycles. The first-order valence-electron chi connectivity index (χ1n) is 8.26. The summed E-state index contributed by atoms with van der Waals surface area (Å²) in [5.74, 6) is -1.30. The molecule has 2 rings (SSSR count). The number of ether oxygens (including phenoxy) is 2. The molecule has 1 aliphatic heterocycles. The molecule has 7 nitrogen and oxygen atoms in total. The second kappa shape index (κ2) is 7.97. The van der Waals surface area contributed by atoms with Crippen molar-refractivity contribution >= 4 is 22.0 Å². The van der Waals surface area contributed by atoms with Crippen molar-refractivity contribution in [1.82, 2.24) is 4.31 Å². The summed E-state index contributed by atoms with van der Waals surface area (Å²) in [5, 5.41) is 0. The van der Waals surface area contributed by atoms with Crippen LogP contribution in [0.25, 0.3) is 0 Å². The number of carbonyl (C=O) groups excluding carboxylic acids is 2. The van der Waals surface area contributed by atoms with Crippen LogP contribution in [-0.4, -0.2) is 50.0 Å². The van der Waals surface area contributed by atoms with Crippen molar-refractivity contribution in [2.24, 2.45) is 0 Å². The molecular formula is C17H23NO6S. The lowest BCUT2D eigenvalue weighted by molar-refractivity contribution is -0.150. The molecule has 1 aromatic rings. The molecule has 0 N–H and O–H groups in total. The lowest BCUT2D eigenvalue weighted by Crippen LogP contribution is -2.48. The first-order valence-corrected chi connectivity index (χ1v) is 9.70. The second-order valence-corrected chi connectivity index (χ2v) is 7.60. The summed E-state index contributed by atoms with van der Waals surface area (Å²) >= 11 is 0. The molecule has 0 spiro atoms. The van der Waals surface area contributed by atoms with Crippen LogP contribution in [0.4, 0.5) is 0 Å². The van der Waals surface area contributed by atoms with Gasteiger partial charge in [0.05, 0.1) is 18.1 Å². The Kier molecular flexibility index (Phi) is 6.18. The standard InChI is InChI=1S/C17H23NO6S/c1-4-23-16(19)14-10-11-15(17(20)24-5-2)18(14)25(21,22)13-8-6-12(3)7-9-13/h6-9,14-15H,4-5,10-11H2,1-3H3. The van der Waals surface area contributed by atoms with E-state index in [1.807, 2.05) is 6.92 Å². The Morgan fingerprint density at radius 2 is 1.44 bits per heavy atom. The molecule has 8 heteroatoms. The Morgan fingerprint density at radius 3 is 1.84 bits per heavy atom. The predicted octanol–water partition coefficient (Wildman–Crippen LogP) is 1.64. The van der Waals surface area contributed by atoms with Gasteiger partial charge in [-0.15, -0.1) is 0 Å². The average molecular weight is 369 g/mol. The number of aryl methyl sites for hydroxylation is 1. The number of sulfonamides is 1. The van der Waals surface area contributed by atoms with Crippen LogP contribution in [0.15, 0.2) is 29.2 Å². The number of hydrogen-bond donors (Lipinski definition) is 0. The van der Waals surface area contributed by atoms with Gasteiger partial charge in [-0.3, -0.25) is 9.59 Å². The van der Waals surface area contributed by atoms with Crippen molar-refractivity contribution in [3.63, 3.8) is 0 Å². The summed E-state index contributed by atoms with van der Waals surface area (Å²) in [6.45, 7) is 5.41. The molecule has 0 radical (unpaired) electrons. The number of rotatable bonds is 6. The van der Waals surface area contributed by atoms with Gasteiger partial charge in [-0.2, -0.15) is 4.31 Å². The van der Waals surface area contributed by atoms with Gasteiger partial charge in [0.25, 0.3) is 0 Å². The van der Waals surface area contributed by atoms with Crippen molar-refractivity contribution in [3.8, 4) is 0 Å². The van der Waals surface area contributed by atoms with E-state index in [0.717, 1.165) is 9.87 Å². The van der Waals surface area contributed by atoms with Gasteiger partial charge in [0.15, 0.2) is 0 Å². The smallest absolute Gasteiger partial charge is 0.324 e. The molecule has 138 valence electrons. The summed E-state index contributed by atoms with van der Waals surface area (Å²) in [4.78, 5) is 24.5. The number of benzene rings is 1. The highest BCUT2D eigenvalue weighted by Gasteiger charge is 2.49. The van der Waals surface area contributed by atoms with Crippen molar-refractivity contribution in [2.45, 2.75) is 50.6 Å². The third-order valence-corrected chi connectivity index (χ3v) is 5.97. The van der Waals surface area contributed by atoms with Crippen LogP contribution in [0.2, 0.25) is 0 Å². The first kappa shape index (κ1) is 19.4. The molecule has 0 aliphatic carbocycles. The van der Waals surface area contributed by atoms with Crippen LogP contribution in [0.3, 0.4) is 0 Å². The minimum Gasteiger partial charge on any atom is -0.465 e. The molecule has 25 heavy (non-hydrogen) atoms. The summed E-state index contributed by atoms with van der Waals surface area (Å²) in [6, 6.07) is 4.21. The van der Waals surface area contributed by atoms with E-state index in [9.17, 15) is 18.0 Å². The zero-order valence-electron chi connectivity index (χ0n) is 14.6. The van der Waals surface area contributed by atoms with Crippen LogP contribution in [-0.2, 0) is 29.1 Å². The van der Waals surface area contributed by atoms with Crippen LogP contribution >= 0.6 is 0 Å². The van der Waals surface area contributed by atoms with Crippen LogP contribution in [0.1, 0.15) is 32.3 Å². The van der Waals surface area contributed by atoms with Crippen molar-refractivity contribution in [3.05, 3.63) is 29.8 Å². The van der Waals surface area contributed by atoms with E-state index in [1.165, 1.54) is 12.1 Å². The fourth-order valence-corrected chi connectivity index (χ4v) is 4.65. The van der Waals surface area contributed by atoms with E-state index < -0.39 is 34.0 Å². The summed E-state index contributed by atoms with van der Waals surface area (Å²) < 4.78 is 37.1. The summed E-state index contributed by atoms with van der Waals surface area (Å²) in [6.07, 6.45) is 0.431. The third kappa shape index (κ3) is 4.01. The molecule has 2 unspecified atom stereocenters. The summed E-state index contributed by atoms with van der Waals surface area (Å²) in [5.41, 5.74) is 0.907. The minimum atomic E-state index is -4.05. The Bertz CT molecular complexity index is 702. The molecule has 0 saturated carbocycles. The molecule has 2 atom stereocenters. The van der Waals surface area contributed by atoms with Crippen LogP contribution in [0.5, 0.6) is 0 Å². The monoisotopic (exact) mass is 369 g/mol. The van der Waals surface area contributed by atoms with E-state index in [4.69, 9.17) is 9.47 Å². The molecule has 1 fully saturated rings. The number of hydrogen-bond acceptors (Lipinski definition) is 6. The highest BCUT2D eigenvalue weighted by atomic mass is 32.2. The summed E-state index contributed by atoms with van der Waals surface area (Å²) in [7, 11) is -4.05. The topological polar surface area (TPSA) is 90.0 Å². The lowest BCUT2D eigenvalue weighted by atomic mass is 10.2. The third-order valence-electron chi connectivity index (χ3n) is 4.04. The van der Waals surface area contributed by atoms with E-state index in [1.54, 1.807) is 26.0 Å². The van der Waals surface area contributed by atoms with Crippen molar-refractivity contribution < 1.29 is 27.5 Å². The maximum atomic E-state index is 13.1. The molecule has 0 amide bonds. The first-order chi connectivity index (χ1) is 11.8. The Morgan fingerprint density at radius 1 is 1.00 bits per heavy atom. The minimum absolute atomic E-state index is 0.0311. The highest BCUT2D eigenvalue weighted by Crippen LogP contribution is 2.32. The van der Waals surface area contributed by atoms with Gasteiger partial charge in [0, 0.05) is 0 Å². The molecule has 1 aliphatic rings. The zero-order chi connectivity index (χ0) is 18.6. The fraction of sp³-hybridized carbons (Fsp3) is 0.529. The zero-order valence-corrected chi connectivity index (χ0v) is 15.4. The second-order valence-electron chi connectivity index (χ2n) is 5.76. The van der Waals surface area contributed by atoms with Crippen molar-refractivity contribution in [2.75, 3.05) is 13.2 Å². The molecule has 0 aromatic heterocycles. The van der Waals surface area contributed by atoms with Gasteiger partial charge < -0.3 is 9.47 Å². The SMILES string of the molecule is CCOC(=O)C1CCC(C(=O)OCC)N1S(=O)(=O)c1ccc(C)cc1. The molecular weight excluding hydrogens is 346 g/mol. The van der Waals surface area contributed by atoms with Gasteiger partial charge in [-0.05, 0) is 45.7 Å². The Balaban J connectivity index is 2.44.